The maximum Gasteiger partial charge on any atom is 0.389 e. The molecule has 0 bridgehead atoms. The maximum atomic E-state index is 12.1. The number of rotatable bonds is 6. The molecule has 2 rings (SSSR count). The lowest BCUT2D eigenvalue weighted by molar-refractivity contribution is -0.134. The van der Waals surface area contributed by atoms with Crippen LogP contribution in [0.1, 0.15) is 44.3 Å². The first-order chi connectivity index (χ1) is 9.96. The van der Waals surface area contributed by atoms with Crippen molar-refractivity contribution in [2.24, 2.45) is 5.92 Å². The van der Waals surface area contributed by atoms with Crippen LogP contribution in [0, 0.1) is 5.92 Å². The summed E-state index contributed by atoms with van der Waals surface area (Å²) >= 11 is 0. The normalized spacial score (nSPS) is 18.3. The van der Waals surface area contributed by atoms with E-state index in [0.717, 1.165) is 38.9 Å². The van der Waals surface area contributed by atoms with Gasteiger partial charge in [0.15, 0.2) is 5.82 Å². The number of hydrogen-bond acceptors (Lipinski definition) is 4. The standard InChI is InChI=1S/C14H22F3N3O/c1-2-7-20-8-4-11(5-9-20)10-12-18-13(21-19-12)3-6-14(15,16)17/h11H,2-10H2,1H3. The molecule has 0 amide bonds. The third kappa shape index (κ3) is 5.65. The Kier molecular flexibility index (Phi) is 5.61. The van der Waals surface area contributed by atoms with Crippen molar-refractivity contribution in [1.29, 1.82) is 0 Å². The van der Waals surface area contributed by atoms with Gasteiger partial charge in [0.2, 0.25) is 5.89 Å². The lowest BCUT2D eigenvalue weighted by Gasteiger charge is -2.31. The first kappa shape index (κ1) is 16.3. The number of nitrogens with zero attached hydrogens (tertiary/aromatic N) is 3. The molecule has 1 aliphatic heterocycles. The van der Waals surface area contributed by atoms with E-state index in [2.05, 4.69) is 22.0 Å². The molecule has 0 aliphatic carbocycles. The molecule has 1 fully saturated rings. The smallest absolute Gasteiger partial charge is 0.339 e. The molecular formula is C14H22F3N3O. The van der Waals surface area contributed by atoms with Crippen molar-refractivity contribution in [1.82, 2.24) is 15.0 Å². The van der Waals surface area contributed by atoms with Crippen LogP contribution in [-0.4, -0.2) is 40.9 Å². The van der Waals surface area contributed by atoms with Gasteiger partial charge in [-0.3, -0.25) is 0 Å². The average Bonchev–Trinajstić information content (AvgIpc) is 2.86. The van der Waals surface area contributed by atoms with Gasteiger partial charge in [-0.05, 0) is 44.8 Å². The van der Waals surface area contributed by atoms with Gasteiger partial charge in [-0.25, -0.2) is 0 Å². The second kappa shape index (κ2) is 7.24. The van der Waals surface area contributed by atoms with E-state index in [4.69, 9.17) is 4.52 Å². The van der Waals surface area contributed by atoms with Gasteiger partial charge in [0.25, 0.3) is 0 Å². The van der Waals surface area contributed by atoms with Crippen molar-refractivity contribution >= 4 is 0 Å². The van der Waals surface area contributed by atoms with Crippen molar-refractivity contribution in [3.8, 4) is 0 Å². The zero-order valence-electron chi connectivity index (χ0n) is 12.3. The van der Waals surface area contributed by atoms with E-state index in [9.17, 15) is 13.2 Å². The molecule has 120 valence electrons. The summed E-state index contributed by atoms with van der Waals surface area (Å²) in [5, 5.41) is 3.80. The van der Waals surface area contributed by atoms with Crippen LogP contribution >= 0.6 is 0 Å². The fourth-order valence-electron chi connectivity index (χ4n) is 2.71. The molecule has 2 heterocycles. The minimum Gasteiger partial charge on any atom is -0.339 e. The zero-order chi connectivity index (χ0) is 15.3. The Balaban J connectivity index is 1.75. The van der Waals surface area contributed by atoms with Gasteiger partial charge < -0.3 is 9.42 Å². The quantitative estimate of drug-likeness (QED) is 0.809. The molecule has 0 aromatic carbocycles. The van der Waals surface area contributed by atoms with Crippen LogP contribution in [0.25, 0.3) is 0 Å². The SMILES string of the molecule is CCCN1CCC(Cc2noc(CCC(F)(F)F)n2)CC1. The predicted molar refractivity (Wildman–Crippen MR) is 71.8 cm³/mol. The fourth-order valence-corrected chi connectivity index (χ4v) is 2.71. The number of piperidine rings is 1. The monoisotopic (exact) mass is 305 g/mol. The Morgan fingerprint density at radius 1 is 1.29 bits per heavy atom. The summed E-state index contributed by atoms with van der Waals surface area (Å²) in [4.78, 5) is 6.52. The molecule has 0 atom stereocenters. The van der Waals surface area contributed by atoms with Crippen LogP contribution in [-0.2, 0) is 12.8 Å². The number of aryl methyl sites for hydroxylation is 1. The van der Waals surface area contributed by atoms with Crippen molar-refractivity contribution in [3.05, 3.63) is 11.7 Å². The Hall–Kier alpha value is -1.11. The van der Waals surface area contributed by atoms with Crippen LogP contribution in [0.4, 0.5) is 13.2 Å². The number of likely N-dealkylation sites (tertiary alicyclic amines) is 1. The number of hydrogen-bond donors (Lipinski definition) is 0. The lowest BCUT2D eigenvalue weighted by atomic mass is 9.93. The Bertz CT molecular complexity index is 425. The molecule has 1 aromatic rings. The molecule has 1 aromatic heterocycles. The second-order valence-corrected chi connectivity index (χ2v) is 5.71. The number of halogens is 3. The van der Waals surface area contributed by atoms with Crippen molar-refractivity contribution in [2.45, 2.75) is 51.6 Å². The first-order valence-corrected chi connectivity index (χ1v) is 7.57. The lowest BCUT2D eigenvalue weighted by Crippen LogP contribution is -2.34. The largest absolute Gasteiger partial charge is 0.389 e. The topological polar surface area (TPSA) is 42.2 Å². The van der Waals surface area contributed by atoms with Gasteiger partial charge in [-0.2, -0.15) is 18.2 Å². The molecule has 21 heavy (non-hydrogen) atoms. The van der Waals surface area contributed by atoms with E-state index in [1.807, 2.05) is 0 Å². The minimum atomic E-state index is -4.18. The third-order valence-electron chi connectivity index (χ3n) is 3.85. The fraction of sp³-hybridized carbons (Fsp3) is 0.857. The van der Waals surface area contributed by atoms with Crippen LogP contribution in [0.3, 0.4) is 0 Å². The minimum absolute atomic E-state index is 0.0887. The average molecular weight is 305 g/mol. The highest BCUT2D eigenvalue weighted by molar-refractivity contribution is 4.90. The number of aromatic nitrogens is 2. The molecule has 1 saturated heterocycles. The van der Waals surface area contributed by atoms with E-state index in [0.29, 0.717) is 18.2 Å². The van der Waals surface area contributed by atoms with Gasteiger partial charge in [-0.1, -0.05) is 12.1 Å². The number of alkyl halides is 3. The zero-order valence-corrected chi connectivity index (χ0v) is 12.3. The molecule has 4 nitrogen and oxygen atoms in total. The highest BCUT2D eigenvalue weighted by atomic mass is 19.4. The highest BCUT2D eigenvalue weighted by Gasteiger charge is 2.28. The third-order valence-corrected chi connectivity index (χ3v) is 3.85. The van der Waals surface area contributed by atoms with E-state index in [1.54, 1.807) is 0 Å². The van der Waals surface area contributed by atoms with Gasteiger partial charge in [-0.15, -0.1) is 0 Å². The Morgan fingerprint density at radius 3 is 2.62 bits per heavy atom. The summed E-state index contributed by atoms with van der Waals surface area (Å²) in [6.07, 6.45) is -1.28. The van der Waals surface area contributed by atoms with Crippen LogP contribution in [0.15, 0.2) is 4.52 Å². The highest BCUT2D eigenvalue weighted by Crippen LogP contribution is 2.23. The van der Waals surface area contributed by atoms with E-state index in [1.165, 1.54) is 0 Å². The van der Waals surface area contributed by atoms with E-state index < -0.39 is 12.6 Å². The van der Waals surface area contributed by atoms with Crippen molar-refractivity contribution in [2.75, 3.05) is 19.6 Å². The van der Waals surface area contributed by atoms with Crippen LogP contribution in [0.5, 0.6) is 0 Å². The summed E-state index contributed by atoms with van der Waals surface area (Å²) < 4.78 is 41.3. The van der Waals surface area contributed by atoms with E-state index >= 15 is 0 Å². The molecule has 7 heteroatoms. The summed E-state index contributed by atoms with van der Waals surface area (Å²) in [5.41, 5.74) is 0. The molecule has 0 N–H and O–H groups in total. The molecule has 0 unspecified atom stereocenters. The van der Waals surface area contributed by atoms with Crippen LogP contribution in [0.2, 0.25) is 0 Å². The second-order valence-electron chi connectivity index (χ2n) is 5.71. The summed E-state index contributed by atoms with van der Waals surface area (Å²) in [6, 6.07) is 0. The van der Waals surface area contributed by atoms with E-state index in [-0.39, 0.29) is 12.3 Å². The van der Waals surface area contributed by atoms with Gasteiger partial charge in [0.05, 0.1) is 6.42 Å². The van der Waals surface area contributed by atoms with Crippen molar-refractivity contribution < 1.29 is 17.7 Å². The molecule has 0 spiro atoms. The van der Waals surface area contributed by atoms with Crippen LogP contribution < -0.4 is 0 Å². The molecule has 0 radical (unpaired) electrons. The maximum absolute atomic E-state index is 12.1. The Labute approximate surface area is 122 Å². The van der Waals surface area contributed by atoms with Gasteiger partial charge in [0, 0.05) is 12.8 Å². The molecule has 0 saturated carbocycles. The predicted octanol–water partition coefficient (Wildman–Crippen LogP) is 3.23. The molecule has 1 aliphatic rings. The summed E-state index contributed by atoms with van der Waals surface area (Å²) in [5.74, 6) is 1.14. The van der Waals surface area contributed by atoms with Crippen molar-refractivity contribution in [3.63, 3.8) is 0 Å². The van der Waals surface area contributed by atoms with Gasteiger partial charge >= 0.3 is 6.18 Å². The summed E-state index contributed by atoms with van der Waals surface area (Å²) in [6.45, 7) is 5.47. The molecular weight excluding hydrogens is 283 g/mol. The first-order valence-electron chi connectivity index (χ1n) is 7.57. The Morgan fingerprint density at radius 2 is 2.00 bits per heavy atom. The van der Waals surface area contributed by atoms with Gasteiger partial charge in [0.1, 0.15) is 0 Å². The summed E-state index contributed by atoms with van der Waals surface area (Å²) in [7, 11) is 0.